The fourth-order valence-electron chi connectivity index (χ4n) is 1.49. The van der Waals surface area contributed by atoms with E-state index in [-0.39, 0.29) is 17.1 Å². The third kappa shape index (κ3) is 2.05. The van der Waals surface area contributed by atoms with Crippen molar-refractivity contribution < 1.29 is 14.3 Å². The Bertz CT molecular complexity index is 587. The van der Waals surface area contributed by atoms with Crippen LogP contribution in [-0.4, -0.2) is 21.0 Å². The van der Waals surface area contributed by atoms with Crippen molar-refractivity contribution in [2.24, 2.45) is 0 Å². The van der Waals surface area contributed by atoms with Gasteiger partial charge in [-0.2, -0.15) is 0 Å². The predicted molar refractivity (Wildman–Crippen MR) is 58.8 cm³/mol. The van der Waals surface area contributed by atoms with E-state index in [0.717, 1.165) is 6.33 Å². The Labute approximate surface area is 95.8 Å². The first-order valence-electron chi connectivity index (χ1n) is 4.69. The topological polar surface area (TPSA) is 89.1 Å². The lowest BCUT2D eigenvalue weighted by atomic mass is 10.0. The van der Waals surface area contributed by atoms with Crippen LogP contribution in [0.25, 0.3) is 11.1 Å². The molecule has 0 aliphatic carbocycles. The summed E-state index contributed by atoms with van der Waals surface area (Å²) < 4.78 is 13.1. The fraction of sp³-hybridized carbons (Fsp3) is 0. The Morgan fingerprint density at radius 3 is 2.76 bits per heavy atom. The van der Waals surface area contributed by atoms with Gasteiger partial charge >= 0.3 is 5.97 Å². The summed E-state index contributed by atoms with van der Waals surface area (Å²) in [7, 11) is 0. The molecule has 0 fully saturated rings. The number of nitrogen functional groups attached to an aromatic ring is 1. The van der Waals surface area contributed by atoms with Gasteiger partial charge in [0.15, 0.2) is 5.69 Å². The summed E-state index contributed by atoms with van der Waals surface area (Å²) in [6.45, 7) is 0. The summed E-state index contributed by atoms with van der Waals surface area (Å²) >= 11 is 0. The molecule has 0 amide bonds. The van der Waals surface area contributed by atoms with Crippen LogP contribution in [0.3, 0.4) is 0 Å². The number of rotatable bonds is 2. The fourth-order valence-corrected chi connectivity index (χ4v) is 1.49. The molecule has 0 saturated heterocycles. The number of benzene rings is 1. The first-order chi connectivity index (χ1) is 8.09. The van der Waals surface area contributed by atoms with Gasteiger partial charge in [-0.1, -0.05) is 12.1 Å². The van der Waals surface area contributed by atoms with Crippen LogP contribution in [0, 0.1) is 5.82 Å². The summed E-state index contributed by atoms with van der Waals surface area (Å²) in [5, 5.41) is 8.98. The average molecular weight is 233 g/mol. The lowest BCUT2D eigenvalue weighted by Crippen LogP contribution is -2.07. The maximum atomic E-state index is 13.1. The van der Waals surface area contributed by atoms with Crippen molar-refractivity contribution in [3.05, 3.63) is 42.1 Å². The molecule has 1 aromatic heterocycles. The van der Waals surface area contributed by atoms with Gasteiger partial charge in [0, 0.05) is 0 Å². The highest BCUT2D eigenvalue weighted by atomic mass is 19.1. The number of nitrogens with zero attached hydrogens (tertiary/aromatic N) is 2. The molecule has 86 valence electrons. The van der Waals surface area contributed by atoms with Crippen molar-refractivity contribution in [3.63, 3.8) is 0 Å². The van der Waals surface area contributed by atoms with Gasteiger partial charge in [0.05, 0.1) is 5.56 Å². The van der Waals surface area contributed by atoms with Gasteiger partial charge < -0.3 is 10.8 Å². The molecule has 1 heterocycles. The van der Waals surface area contributed by atoms with E-state index in [2.05, 4.69) is 9.97 Å². The molecule has 0 atom stereocenters. The minimum absolute atomic E-state index is 0.00278. The zero-order valence-corrected chi connectivity index (χ0v) is 8.59. The van der Waals surface area contributed by atoms with Crippen LogP contribution in [0.4, 0.5) is 10.2 Å². The zero-order chi connectivity index (χ0) is 12.4. The second-order valence-electron chi connectivity index (χ2n) is 3.30. The third-order valence-electron chi connectivity index (χ3n) is 2.19. The number of carboxylic acids is 1. The largest absolute Gasteiger partial charge is 0.476 e. The molecule has 1 aromatic carbocycles. The molecular weight excluding hydrogens is 225 g/mol. The highest BCUT2D eigenvalue weighted by Gasteiger charge is 2.17. The summed E-state index contributed by atoms with van der Waals surface area (Å²) in [6.07, 6.45) is 1.06. The Hall–Kier alpha value is -2.50. The Morgan fingerprint density at radius 2 is 2.12 bits per heavy atom. The summed E-state index contributed by atoms with van der Waals surface area (Å²) in [4.78, 5) is 18.3. The van der Waals surface area contributed by atoms with Crippen LogP contribution in [-0.2, 0) is 0 Å². The van der Waals surface area contributed by atoms with Gasteiger partial charge in [0.1, 0.15) is 18.0 Å². The van der Waals surface area contributed by atoms with Crippen molar-refractivity contribution in [2.45, 2.75) is 0 Å². The van der Waals surface area contributed by atoms with E-state index in [4.69, 9.17) is 10.8 Å². The van der Waals surface area contributed by atoms with Gasteiger partial charge in [-0.15, -0.1) is 0 Å². The predicted octanol–water partition coefficient (Wildman–Crippen LogP) is 1.56. The summed E-state index contributed by atoms with van der Waals surface area (Å²) in [5.74, 6) is -1.72. The van der Waals surface area contributed by atoms with E-state index in [1.54, 1.807) is 6.07 Å². The van der Waals surface area contributed by atoms with Gasteiger partial charge in [-0.25, -0.2) is 19.2 Å². The quantitative estimate of drug-likeness (QED) is 0.821. The van der Waals surface area contributed by atoms with E-state index in [1.165, 1.54) is 18.2 Å². The molecule has 0 aliphatic heterocycles. The van der Waals surface area contributed by atoms with Crippen LogP contribution in [0.2, 0.25) is 0 Å². The van der Waals surface area contributed by atoms with E-state index >= 15 is 0 Å². The molecular formula is C11H8FN3O2. The molecule has 3 N–H and O–H groups in total. The molecule has 0 saturated carbocycles. The Morgan fingerprint density at radius 1 is 1.35 bits per heavy atom. The molecule has 0 aliphatic rings. The molecule has 17 heavy (non-hydrogen) atoms. The van der Waals surface area contributed by atoms with Crippen LogP contribution in [0.1, 0.15) is 10.5 Å². The number of carbonyl (C=O) groups is 1. The minimum Gasteiger partial charge on any atom is -0.476 e. The second kappa shape index (κ2) is 4.17. The molecule has 2 aromatic rings. The Kier molecular flexibility index (Phi) is 2.70. The van der Waals surface area contributed by atoms with Crippen LogP contribution in [0.15, 0.2) is 30.6 Å². The second-order valence-corrected chi connectivity index (χ2v) is 3.30. The summed E-state index contributed by atoms with van der Waals surface area (Å²) in [6, 6.07) is 5.44. The van der Waals surface area contributed by atoms with Crippen LogP contribution < -0.4 is 5.73 Å². The molecule has 6 heteroatoms. The molecule has 0 unspecified atom stereocenters. The zero-order valence-electron chi connectivity index (χ0n) is 8.59. The molecule has 2 rings (SSSR count). The number of hydrogen-bond acceptors (Lipinski definition) is 4. The normalized spacial score (nSPS) is 10.2. The summed E-state index contributed by atoms with van der Waals surface area (Å²) in [5.41, 5.74) is 5.82. The van der Waals surface area contributed by atoms with Crippen molar-refractivity contribution in [1.29, 1.82) is 0 Å². The number of anilines is 1. The van der Waals surface area contributed by atoms with E-state index in [1.807, 2.05) is 0 Å². The number of aromatic carboxylic acids is 1. The molecule has 0 radical (unpaired) electrons. The van der Waals surface area contributed by atoms with Crippen molar-refractivity contribution in [3.8, 4) is 11.1 Å². The van der Waals surface area contributed by atoms with E-state index < -0.39 is 11.8 Å². The molecule has 5 nitrogen and oxygen atoms in total. The highest BCUT2D eigenvalue weighted by Crippen LogP contribution is 2.27. The Balaban J connectivity index is 2.70. The number of halogens is 1. The van der Waals surface area contributed by atoms with Gasteiger partial charge in [0.2, 0.25) is 0 Å². The maximum absolute atomic E-state index is 13.1. The maximum Gasteiger partial charge on any atom is 0.355 e. The molecule has 0 spiro atoms. The van der Waals surface area contributed by atoms with Gasteiger partial charge in [0.25, 0.3) is 0 Å². The number of carboxylic acid groups (broad SMARTS) is 1. The standard InChI is InChI=1S/C11H8FN3O2/c12-7-3-1-2-6(4-7)8-9(11(16)17)14-5-15-10(8)13/h1-5H,(H,16,17)(H2,13,14,15). The molecule has 0 bridgehead atoms. The van der Waals surface area contributed by atoms with Crippen molar-refractivity contribution in [2.75, 3.05) is 5.73 Å². The van der Waals surface area contributed by atoms with Crippen molar-refractivity contribution >= 4 is 11.8 Å². The SMILES string of the molecule is Nc1ncnc(C(=O)O)c1-c1cccc(F)c1. The van der Waals surface area contributed by atoms with Gasteiger partial charge in [-0.3, -0.25) is 0 Å². The van der Waals surface area contributed by atoms with Crippen LogP contribution in [0.5, 0.6) is 0 Å². The number of hydrogen-bond donors (Lipinski definition) is 2. The third-order valence-corrected chi connectivity index (χ3v) is 2.19. The number of nitrogens with two attached hydrogens (primary N) is 1. The van der Waals surface area contributed by atoms with E-state index in [9.17, 15) is 9.18 Å². The lowest BCUT2D eigenvalue weighted by Gasteiger charge is -2.07. The van der Waals surface area contributed by atoms with Crippen LogP contribution >= 0.6 is 0 Å². The van der Waals surface area contributed by atoms with Crippen molar-refractivity contribution in [1.82, 2.24) is 9.97 Å². The van der Waals surface area contributed by atoms with Gasteiger partial charge in [-0.05, 0) is 17.7 Å². The lowest BCUT2D eigenvalue weighted by molar-refractivity contribution is 0.0691. The monoisotopic (exact) mass is 233 g/mol. The first kappa shape index (κ1) is 11.0. The average Bonchev–Trinajstić information content (AvgIpc) is 2.28. The van der Waals surface area contributed by atoms with E-state index in [0.29, 0.717) is 5.56 Å². The number of aromatic nitrogens is 2. The highest BCUT2D eigenvalue weighted by molar-refractivity contribution is 5.96. The first-order valence-corrected chi connectivity index (χ1v) is 4.69. The smallest absolute Gasteiger partial charge is 0.355 e. The minimum atomic E-state index is -1.24.